The van der Waals surface area contributed by atoms with Crippen LogP contribution in [0.5, 0.6) is 0 Å². The summed E-state index contributed by atoms with van der Waals surface area (Å²) in [6.45, 7) is 0.908. The van der Waals surface area contributed by atoms with Gasteiger partial charge in [-0.25, -0.2) is 4.98 Å². The molecular weight excluding hydrogens is 244 g/mol. The Morgan fingerprint density at radius 3 is 2.68 bits per heavy atom. The fourth-order valence-electron chi connectivity index (χ4n) is 2.31. The predicted molar refractivity (Wildman–Crippen MR) is 73.5 cm³/mol. The van der Waals surface area contributed by atoms with Crippen molar-refractivity contribution in [2.45, 2.75) is 31.7 Å². The monoisotopic (exact) mass is 262 g/mol. The summed E-state index contributed by atoms with van der Waals surface area (Å²) >= 11 is 0. The third-order valence-electron chi connectivity index (χ3n) is 3.72. The highest BCUT2D eigenvalue weighted by molar-refractivity contribution is 5.63. The molecule has 1 aromatic rings. The summed E-state index contributed by atoms with van der Waals surface area (Å²) < 4.78 is 0. The van der Waals surface area contributed by atoms with E-state index < -0.39 is 0 Å². The summed E-state index contributed by atoms with van der Waals surface area (Å²) in [4.78, 5) is 17.4. The molecule has 0 bridgehead atoms. The van der Waals surface area contributed by atoms with Crippen LogP contribution in [0.25, 0.3) is 0 Å². The molecular formula is C13H18N4O2. The van der Waals surface area contributed by atoms with E-state index in [0.717, 1.165) is 19.4 Å². The smallest absolute Gasteiger partial charge is 0.311 e. The van der Waals surface area contributed by atoms with Gasteiger partial charge in [0.15, 0.2) is 0 Å². The topological polar surface area (TPSA) is 71.3 Å². The number of nitrogens with zero attached hydrogens (tertiary/aromatic N) is 3. The lowest BCUT2D eigenvalue weighted by Crippen LogP contribution is -2.29. The van der Waals surface area contributed by atoms with Crippen molar-refractivity contribution in [1.29, 1.82) is 0 Å². The Morgan fingerprint density at radius 1 is 1.42 bits per heavy atom. The Hall–Kier alpha value is -1.85. The summed E-state index contributed by atoms with van der Waals surface area (Å²) in [6, 6.07) is 3.65. The van der Waals surface area contributed by atoms with Crippen molar-refractivity contribution in [2.24, 2.45) is 5.92 Å². The third kappa shape index (κ3) is 2.62. The van der Waals surface area contributed by atoms with Gasteiger partial charge in [0.05, 0.1) is 4.92 Å². The first-order chi connectivity index (χ1) is 9.19. The van der Waals surface area contributed by atoms with Gasteiger partial charge in [0, 0.05) is 25.7 Å². The third-order valence-corrected chi connectivity index (χ3v) is 3.72. The van der Waals surface area contributed by atoms with Gasteiger partial charge in [-0.15, -0.1) is 0 Å². The molecule has 1 heterocycles. The van der Waals surface area contributed by atoms with Crippen molar-refractivity contribution in [1.82, 2.24) is 4.98 Å². The van der Waals surface area contributed by atoms with Crippen molar-refractivity contribution in [3.05, 3.63) is 22.2 Å². The molecule has 2 aliphatic carbocycles. The van der Waals surface area contributed by atoms with E-state index in [2.05, 4.69) is 15.2 Å². The van der Waals surface area contributed by atoms with Crippen LogP contribution in [0.15, 0.2) is 12.1 Å². The van der Waals surface area contributed by atoms with Crippen LogP contribution < -0.4 is 10.2 Å². The largest absolute Gasteiger partial charge is 0.373 e. The van der Waals surface area contributed by atoms with Crippen LogP contribution in [-0.2, 0) is 0 Å². The zero-order valence-electron chi connectivity index (χ0n) is 11.0. The molecule has 19 heavy (non-hydrogen) atoms. The molecule has 3 rings (SSSR count). The zero-order chi connectivity index (χ0) is 13.4. The summed E-state index contributed by atoms with van der Waals surface area (Å²) in [7, 11) is 1.78. The maximum Gasteiger partial charge on any atom is 0.311 e. The number of aromatic nitrogens is 1. The highest BCUT2D eigenvalue weighted by Gasteiger charge is 2.37. The lowest BCUT2D eigenvalue weighted by molar-refractivity contribution is -0.384. The molecule has 1 N–H and O–H groups in total. The Bertz CT molecular complexity index is 497. The van der Waals surface area contributed by atoms with Crippen LogP contribution in [0, 0.1) is 16.0 Å². The number of rotatable bonds is 6. The Balaban J connectivity index is 1.95. The molecule has 0 spiro atoms. The van der Waals surface area contributed by atoms with Crippen molar-refractivity contribution in [3.63, 3.8) is 0 Å². The number of hydrogen-bond donors (Lipinski definition) is 1. The Labute approximate surface area is 112 Å². The van der Waals surface area contributed by atoms with Crippen LogP contribution in [0.4, 0.5) is 17.3 Å². The Kier molecular flexibility index (Phi) is 3.00. The van der Waals surface area contributed by atoms with E-state index in [9.17, 15) is 10.1 Å². The minimum absolute atomic E-state index is 0.117. The van der Waals surface area contributed by atoms with Crippen LogP contribution in [-0.4, -0.2) is 29.5 Å². The first kappa shape index (κ1) is 12.2. The lowest BCUT2D eigenvalue weighted by Gasteiger charge is -2.23. The standard InChI is InChI=1S/C13H18N4O2/c1-14-12-7-6-11(17(18)19)13(15-12)16(10-4-5-10)8-9-2-3-9/h6-7,9-10H,2-5,8H2,1H3,(H,14,15). The average molecular weight is 262 g/mol. The van der Waals surface area contributed by atoms with Gasteiger partial charge in [-0.05, 0) is 37.7 Å². The van der Waals surface area contributed by atoms with E-state index in [4.69, 9.17) is 0 Å². The van der Waals surface area contributed by atoms with E-state index >= 15 is 0 Å². The molecule has 0 aliphatic heterocycles. The van der Waals surface area contributed by atoms with Gasteiger partial charge >= 0.3 is 5.69 Å². The van der Waals surface area contributed by atoms with Gasteiger partial charge in [0.2, 0.25) is 5.82 Å². The first-order valence-electron chi connectivity index (χ1n) is 6.79. The molecule has 0 amide bonds. The van der Waals surface area contributed by atoms with Gasteiger partial charge in [-0.3, -0.25) is 10.1 Å². The molecule has 102 valence electrons. The molecule has 2 saturated carbocycles. The molecule has 0 radical (unpaired) electrons. The molecule has 0 saturated heterocycles. The van der Waals surface area contributed by atoms with Crippen LogP contribution >= 0.6 is 0 Å². The normalized spacial score (nSPS) is 18.2. The van der Waals surface area contributed by atoms with Gasteiger partial charge in [-0.1, -0.05) is 0 Å². The molecule has 0 aromatic carbocycles. The molecule has 6 heteroatoms. The second kappa shape index (κ2) is 4.68. The maximum absolute atomic E-state index is 11.2. The molecule has 2 fully saturated rings. The van der Waals surface area contributed by atoms with Crippen LogP contribution in [0.2, 0.25) is 0 Å². The molecule has 1 aromatic heterocycles. The fourth-order valence-corrected chi connectivity index (χ4v) is 2.31. The van der Waals surface area contributed by atoms with Crippen molar-refractivity contribution >= 4 is 17.3 Å². The fraction of sp³-hybridized carbons (Fsp3) is 0.615. The van der Waals surface area contributed by atoms with Crippen LogP contribution in [0.3, 0.4) is 0 Å². The summed E-state index contributed by atoms with van der Waals surface area (Å²) in [5.41, 5.74) is 0.117. The SMILES string of the molecule is CNc1ccc([N+](=O)[O-])c(N(CC2CC2)C2CC2)n1. The average Bonchev–Trinajstić information content (AvgIpc) is 3.27. The molecule has 0 unspecified atom stereocenters. The van der Waals surface area contributed by atoms with Gasteiger partial charge in [0.25, 0.3) is 0 Å². The van der Waals surface area contributed by atoms with E-state index in [0.29, 0.717) is 23.6 Å². The predicted octanol–water partition coefficient (Wildman–Crippen LogP) is 2.41. The van der Waals surface area contributed by atoms with E-state index in [1.807, 2.05) is 0 Å². The first-order valence-corrected chi connectivity index (χ1v) is 6.79. The van der Waals surface area contributed by atoms with Gasteiger partial charge in [0.1, 0.15) is 5.82 Å². The number of anilines is 2. The minimum atomic E-state index is -0.329. The molecule has 0 atom stereocenters. The summed E-state index contributed by atoms with van der Waals surface area (Å²) in [6.07, 6.45) is 4.72. The zero-order valence-corrected chi connectivity index (χ0v) is 11.0. The number of nitrogens with one attached hydrogen (secondary N) is 1. The van der Waals surface area contributed by atoms with Gasteiger partial charge in [-0.2, -0.15) is 0 Å². The minimum Gasteiger partial charge on any atom is -0.373 e. The number of nitro groups is 1. The second-order valence-electron chi connectivity index (χ2n) is 5.37. The summed E-state index contributed by atoms with van der Waals surface area (Å²) in [5, 5.41) is 14.1. The van der Waals surface area contributed by atoms with Crippen LogP contribution in [0.1, 0.15) is 25.7 Å². The maximum atomic E-state index is 11.2. The van der Waals surface area contributed by atoms with Crippen molar-refractivity contribution < 1.29 is 4.92 Å². The highest BCUT2D eigenvalue weighted by Crippen LogP contribution is 2.40. The van der Waals surface area contributed by atoms with Gasteiger partial charge < -0.3 is 10.2 Å². The van der Waals surface area contributed by atoms with Crippen molar-refractivity contribution in [3.8, 4) is 0 Å². The number of pyridine rings is 1. The van der Waals surface area contributed by atoms with E-state index in [1.165, 1.54) is 12.8 Å². The Morgan fingerprint density at radius 2 is 2.16 bits per heavy atom. The van der Waals surface area contributed by atoms with E-state index in [1.54, 1.807) is 19.2 Å². The van der Waals surface area contributed by atoms with E-state index in [-0.39, 0.29) is 10.6 Å². The summed E-state index contributed by atoms with van der Waals surface area (Å²) in [5.74, 6) is 1.91. The van der Waals surface area contributed by atoms with Crippen molar-refractivity contribution in [2.75, 3.05) is 23.8 Å². The lowest BCUT2D eigenvalue weighted by atomic mass is 10.3. The number of hydrogen-bond acceptors (Lipinski definition) is 5. The molecule has 6 nitrogen and oxygen atoms in total. The highest BCUT2D eigenvalue weighted by atomic mass is 16.6. The molecule has 2 aliphatic rings. The second-order valence-corrected chi connectivity index (χ2v) is 5.37. The quantitative estimate of drug-likeness (QED) is 0.629.